The zero-order valence-corrected chi connectivity index (χ0v) is 12.8. The fourth-order valence-electron chi connectivity index (χ4n) is 2.94. The van der Waals surface area contributed by atoms with Gasteiger partial charge in [-0.25, -0.2) is 0 Å². The highest BCUT2D eigenvalue weighted by atomic mass is 16.5. The van der Waals surface area contributed by atoms with Crippen LogP contribution in [-0.4, -0.2) is 24.8 Å². The quantitative estimate of drug-likeness (QED) is 0.544. The zero-order valence-electron chi connectivity index (χ0n) is 12.8. The second-order valence-electron chi connectivity index (χ2n) is 5.46. The van der Waals surface area contributed by atoms with Crippen LogP contribution in [0, 0.1) is 11.8 Å². The van der Waals surface area contributed by atoms with E-state index in [9.17, 15) is 4.79 Å². The molecule has 19 heavy (non-hydrogen) atoms. The maximum Gasteiger partial charge on any atom is 0.311 e. The molecule has 0 amide bonds. The molecule has 1 fully saturated rings. The first-order valence-corrected chi connectivity index (χ1v) is 7.52. The first-order valence-electron chi connectivity index (χ1n) is 7.52. The molecule has 0 aliphatic carbocycles. The Morgan fingerprint density at radius 2 is 1.95 bits per heavy atom. The molecule has 0 aromatic heterocycles. The van der Waals surface area contributed by atoms with E-state index >= 15 is 0 Å². The SMILES string of the molecule is C=C(C)[C@@H]1C[C@@H](C(=O)OCC)[C@@H](CC)O[C@H]1CCC. The molecule has 1 heterocycles. The molecule has 0 spiro atoms. The first-order chi connectivity index (χ1) is 9.04. The van der Waals surface area contributed by atoms with Crippen LogP contribution in [0.3, 0.4) is 0 Å². The van der Waals surface area contributed by atoms with E-state index in [1.807, 2.05) is 13.8 Å². The van der Waals surface area contributed by atoms with Crippen molar-refractivity contribution < 1.29 is 14.3 Å². The van der Waals surface area contributed by atoms with E-state index in [0.29, 0.717) is 6.61 Å². The standard InChI is InChI=1S/C16H28O3/c1-6-9-15-12(11(4)5)10-13(14(7-2)19-15)16(17)18-8-3/h12-15H,4,6-10H2,1-3,5H3/t12-,13+,14+,15-/m0/s1. The van der Waals surface area contributed by atoms with Gasteiger partial charge in [-0.05, 0) is 33.1 Å². The van der Waals surface area contributed by atoms with Gasteiger partial charge >= 0.3 is 5.97 Å². The molecule has 4 atom stereocenters. The summed E-state index contributed by atoms with van der Waals surface area (Å²) < 4.78 is 11.4. The Morgan fingerprint density at radius 1 is 1.26 bits per heavy atom. The zero-order chi connectivity index (χ0) is 14.4. The Labute approximate surface area is 117 Å². The monoisotopic (exact) mass is 268 g/mol. The predicted molar refractivity (Wildman–Crippen MR) is 76.9 cm³/mol. The molecule has 1 rings (SSSR count). The highest BCUT2D eigenvalue weighted by molar-refractivity contribution is 5.73. The fourth-order valence-corrected chi connectivity index (χ4v) is 2.94. The van der Waals surface area contributed by atoms with Crippen molar-refractivity contribution in [3.05, 3.63) is 12.2 Å². The van der Waals surface area contributed by atoms with Crippen molar-refractivity contribution >= 4 is 5.97 Å². The molecule has 0 bridgehead atoms. The summed E-state index contributed by atoms with van der Waals surface area (Å²) in [6, 6.07) is 0. The molecule has 0 saturated carbocycles. The molecular formula is C16H28O3. The molecule has 0 aromatic rings. The maximum atomic E-state index is 12.1. The fraction of sp³-hybridized carbons (Fsp3) is 0.812. The summed E-state index contributed by atoms with van der Waals surface area (Å²) in [5.74, 6) is 0.0208. The summed E-state index contributed by atoms with van der Waals surface area (Å²) in [5.41, 5.74) is 1.11. The van der Waals surface area contributed by atoms with Gasteiger partial charge in [-0.15, -0.1) is 0 Å². The van der Waals surface area contributed by atoms with Crippen molar-refractivity contribution in [2.45, 2.75) is 65.6 Å². The molecule has 3 heteroatoms. The lowest BCUT2D eigenvalue weighted by molar-refractivity contribution is -0.168. The first kappa shape index (κ1) is 16.2. The highest BCUT2D eigenvalue weighted by Crippen LogP contribution is 2.37. The lowest BCUT2D eigenvalue weighted by atomic mass is 9.78. The molecule has 1 aliphatic rings. The van der Waals surface area contributed by atoms with Crippen LogP contribution >= 0.6 is 0 Å². The lowest BCUT2D eigenvalue weighted by Crippen LogP contribution is -2.45. The minimum atomic E-state index is -0.139. The summed E-state index contributed by atoms with van der Waals surface area (Å²) in [5, 5.41) is 0. The van der Waals surface area contributed by atoms with Crippen molar-refractivity contribution in [2.24, 2.45) is 11.8 Å². The van der Waals surface area contributed by atoms with Gasteiger partial charge in [0.2, 0.25) is 0 Å². The van der Waals surface area contributed by atoms with Crippen LogP contribution in [0.1, 0.15) is 53.4 Å². The number of esters is 1. The predicted octanol–water partition coefficient (Wildman–Crippen LogP) is 3.73. The van der Waals surface area contributed by atoms with E-state index in [2.05, 4.69) is 20.4 Å². The minimum Gasteiger partial charge on any atom is -0.466 e. The Bertz CT molecular complexity index is 311. The third-order valence-corrected chi connectivity index (χ3v) is 3.95. The van der Waals surface area contributed by atoms with Gasteiger partial charge in [-0.3, -0.25) is 4.79 Å². The molecule has 1 aliphatic heterocycles. The van der Waals surface area contributed by atoms with Gasteiger partial charge in [-0.1, -0.05) is 32.4 Å². The van der Waals surface area contributed by atoms with Crippen LogP contribution in [0.15, 0.2) is 12.2 Å². The Hall–Kier alpha value is -0.830. The van der Waals surface area contributed by atoms with Gasteiger partial charge in [0.25, 0.3) is 0 Å². The molecule has 0 unspecified atom stereocenters. The van der Waals surface area contributed by atoms with Crippen LogP contribution in [0.5, 0.6) is 0 Å². The maximum absolute atomic E-state index is 12.1. The van der Waals surface area contributed by atoms with E-state index < -0.39 is 0 Å². The number of carbonyl (C=O) groups excluding carboxylic acids is 1. The summed E-state index contributed by atoms with van der Waals surface area (Å²) in [4.78, 5) is 12.1. The van der Waals surface area contributed by atoms with Gasteiger partial charge in [0.15, 0.2) is 0 Å². The number of hydrogen-bond donors (Lipinski definition) is 0. The van der Waals surface area contributed by atoms with Crippen molar-refractivity contribution in [3.8, 4) is 0 Å². The average molecular weight is 268 g/mol. The van der Waals surface area contributed by atoms with Gasteiger partial charge in [0.1, 0.15) is 0 Å². The summed E-state index contributed by atoms with van der Waals surface area (Å²) in [7, 11) is 0. The van der Waals surface area contributed by atoms with Crippen LogP contribution in [0.25, 0.3) is 0 Å². The Morgan fingerprint density at radius 3 is 2.42 bits per heavy atom. The molecule has 3 nitrogen and oxygen atoms in total. The second-order valence-corrected chi connectivity index (χ2v) is 5.46. The normalized spacial score (nSPS) is 30.9. The van der Waals surface area contributed by atoms with E-state index in [1.54, 1.807) is 0 Å². The summed E-state index contributed by atoms with van der Waals surface area (Å²) in [6.07, 6.45) is 3.99. The van der Waals surface area contributed by atoms with Crippen molar-refractivity contribution in [1.82, 2.24) is 0 Å². The van der Waals surface area contributed by atoms with Gasteiger partial charge in [0, 0.05) is 5.92 Å². The molecule has 110 valence electrons. The van der Waals surface area contributed by atoms with Gasteiger partial charge in [0.05, 0.1) is 24.7 Å². The topological polar surface area (TPSA) is 35.5 Å². The number of rotatable bonds is 6. The lowest BCUT2D eigenvalue weighted by Gasteiger charge is -2.41. The Balaban J connectivity index is 2.83. The third kappa shape index (κ3) is 4.07. The molecule has 1 saturated heterocycles. The summed E-state index contributed by atoms with van der Waals surface area (Å²) in [6.45, 7) is 12.6. The minimum absolute atomic E-state index is 0.00815. The van der Waals surface area contributed by atoms with Gasteiger partial charge in [-0.2, -0.15) is 0 Å². The number of hydrogen-bond acceptors (Lipinski definition) is 3. The Kier molecular flexibility index (Phi) is 6.56. The van der Waals surface area contributed by atoms with E-state index in [1.165, 1.54) is 0 Å². The van der Waals surface area contributed by atoms with Gasteiger partial charge < -0.3 is 9.47 Å². The van der Waals surface area contributed by atoms with Crippen molar-refractivity contribution in [2.75, 3.05) is 6.61 Å². The van der Waals surface area contributed by atoms with Crippen LogP contribution in [-0.2, 0) is 14.3 Å². The van der Waals surface area contributed by atoms with Crippen LogP contribution < -0.4 is 0 Å². The molecular weight excluding hydrogens is 240 g/mol. The van der Waals surface area contributed by atoms with E-state index in [4.69, 9.17) is 9.47 Å². The van der Waals surface area contributed by atoms with Crippen LogP contribution in [0.2, 0.25) is 0 Å². The second kappa shape index (κ2) is 7.68. The highest BCUT2D eigenvalue weighted by Gasteiger charge is 2.41. The van der Waals surface area contributed by atoms with E-state index in [-0.39, 0.29) is 30.0 Å². The van der Waals surface area contributed by atoms with E-state index in [0.717, 1.165) is 31.3 Å². The number of ether oxygens (including phenoxy) is 2. The summed E-state index contributed by atoms with van der Waals surface area (Å²) >= 11 is 0. The number of carbonyl (C=O) groups is 1. The smallest absolute Gasteiger partial charge is 0.311 e. The van der Waals surface area contributed by atoms with Crippen LogP contribution in [0.4, 0.5) is 0 Å². The van der Waals surface area contributed by atoms with Crippen molar-refractivity contribution in [3.63, 3.8) is 0 Å². The third-order valence-electron chi connectivity index (χ3n) is 3.95. The average Bonchev–Trinajstić information content (AvgIpc) is 2.38. The molecule has 0 N–H and O–H groups in total. The largest absolute Gasteiger partial charge is 0.466 e. The molecule has 0 aromatic carbocycles. The molecule has 0 radical (unpaired) electrons. The van der Waals surface area contributed by atoms with Crippen molar-refractivity contribution in [1.29, 1.82) is 0 Å².